The highest BCUT2D eigenvalue weighted by atomic mass is 16.6. The van der Waals surface area contributed by atoms with Gasteiger partial charge in [-0.3, -0.25) is 10.1 Å². The molecule has 6 heteroatoms. The number of hydrogen-bond acceptors (Lipinski definition) is 5. The first kappa shape index (κ1) is 15.1. The van der Waals surface area contributed by atoms with Gasteiger partial charge < -0.3 is 5.32 Å². The standard InChI is InChI=1S/C15H18N4O2/c1-10(2)16-7-12-8-17-15(18-9-12)14-6-13(19(20)21)5-4-11(14)3/h4-6,8-10,16H,7H2,1-3H3. The van der Waals surface area contributed by atoms with Gasteiger partial charge >= 0.3 is 0 Å². The van der Waals surface area contributed by atoms with E-state index < -0.39 is 4.92 Å². The summed E-state index contributed by atoms with van der Waals surface area (Å²) in [7, 11) is 0. The van der Waals surface area contributed by atoms with Crippen LogP contribution in [0.2, 0.25) is 0 Å². The molecule has 2 aromatic rings. The van der Waals surface area contributed by atoms with Crippen LogP contribution in [0.4, 0.5) is 5.69 Å². The van der Waals surface area contributed by atoms with Crippen molar-refractivity contribution < 1.29 is 4.92 Å². The number of nitrogens with one attached hydrogen (secondary N) is 1. The molecule has 1 aromatic heterocycles. The van der Waals surface area contributed by atoms with Crippen LogP contribution in [0.3, 0.4) is 0 Å². The van der Waals surface area contributed by atoms with Crippen LogP contribution >= 0.6 is 0 Å². The van der Waals surface area contributed by atoms with Gasteiger partial charge in [-0.2, -0.15) is 0 Å². The van der Waals surface area contributed by atoms with Gasteiger partial charge in [0.25, 0.3) is 5.69 Å². The molecule has 1 aromatic carbocycles. The number of aromatic nitrogens is 2. The number of benzene rings is 1. The normalized spacial score (nSPS) is 10.9. The maximum absolute atomic E-state index is 10.9. The van der Waals surface area contributed by atoms with Crippen molar-refractivity contribution in [2.24, 2.45) is 0 Å². The van der Waals surface area contributed by atoms with Gasteiger partial charge in [0, 0.05) is 48.2 Å². The van der Waals surface area contributed by atoms with E-state index in [0.29, 0.717) is 24.0 Å². The summed E-state index contributed by atoms with van der Waals surface area (Å²) in [4.78, 5) is 19.1. The molecular formula is C15H18N4O2. The molecule has 0 bridgehead atoms. The highest BCUT2D eigenvalue weighted by Gasteiger charge is 2.12. The Morgan fingerprint density at radius 1 is 1.29 bits per heavy atom. The Labute approximate surface area is 123 Å². The van der Waals surface area contributed by atoms with Gasteiger partial charge in [-0.15, -0.1) is 0 Å². The van der Waals surface area contributed by atoms with Crippen LogP contribution in [0.15, 0.2) is 30.6 Å². The molecule has 0 spiro atoms. The Hall–Kier alpha value is -2.34. The Kier molecular flexibility index (Phi) is 4.59. The molecule has 0 amide bonds. The highest BCUT2D eigenvalue weighted by molar-refractivity contribution is 5.63. The fourth-order valence-corrected chi connectivity index (χ4v) is 1.87. The van der Waals surface area contributed by atoms with Gasteiger partial charge in [0.05, 0.1) is 4.92 Å². The third-order valence-corrected chi connectivity index (χ3v) is 3.09. The van der Waals surface area contributed by atoms with Crippen LogP contribution in [-0.2, 0) is 6.54 Å². The van der Waals surface area contributed by atoms with Crippen LogP contribution in [0.25, 0.3) is 11.4 Å². The Bertz CT molecular complexity index is 639. The second-order valence-corrected chi connectivity index (χ2v) is 5.21. The smallest absolute Gasteiger partial charge is 0.270 e. The topological polar surface area (TPSA) is 81.0 Å². The van der Waals surface area contributed by atoms with E-state index in [1.54, 1.807) is 18.5 Å². The lowest BCUT2D eigenvalue weighted by molar-refractivity contribution is -0.384. The maximum atomic E-state index is 10.9. The van der Waals surface area contributed by atoms with E-state index in [0.717, 1.165) is 11.1 Å². The molecule has 0 unspecified atom stereocenters. The van der Waals surface area contributed by atoms with Crippen LogP contribution in [-0.4, -0.2) is 20.9 Å². The van der Waals surface area contributed by atoms with E-state index in [9.17, 15) is 10.1 Å². The average Bonchev–Trinajstić information content (AvgIpc) is 2.46. The number of aryl methyl sites for hydroxylation is 1. The third-order valence-electron chi connectivity index (χ3n) is 3.09. The average molecular weight is 286 g/mol. The molecule has 21 heavy (non-hydrogen) atoms. The fraction of sp³-hybridized carbons (Fsp3) is 0.333. The zero-order valence-electron chi connectivity index (χ0n) is 12.3. The molecule has 0 atom stereocenters. The minimum absolute atomic E-state index is 0.0461. The maximum Gasteiger partial charge on any atom is 0.270 e. The summed E-state index contributed by atoms with van der Waals surface area (Å²) in [6.07, 6.45) is 3.49. The summed E-state index contributed by atoms with van der Waals surface area (Å²) in [5.74, 6) is 0.504. The Morgan fingerprint density at radius 2 is 1.95 bits per heavy atom. The molecule has 0 aliphatic heterocycles. The minimum atomic E-state index is -0.413. The van der Waals surface area contributed by atoms with E-state index >= 15 is 0 Å². The summed E-state index contributed by atoms with van der Waals surface area (Å²) in [5.41, 5.74) is 2.63. The van der Waals surface area contributed by atoms with Gasteiger partial charge in [-0.1, -0.05) is 19.9 Å². The van der Waals surface area contributed by atoms with E-state index in [1.165, 1.54) is 12.1 Å². The van der Waals surface area contributed by atoms with Crippen molar-refractivity contribution in [3.8, 4) is 11.4 Å². The third kappa shape index (κ3) is 3.82. The van der Waals surface area contributed by atoms with E-state index in [4.69, 9.17) is 0 Å². The lowest BCUT2D eigenvalue weighted by Crippen LogP contribution is -2.21. The van der Waals surface area contributed by atoms with Crippen molar-refractivity contribution in [2.45, 2.75) is 33.4 Å². The van der Waals surface area contributed by atoms with Gasteiger partial charge in [-0.25, -0.2) is 9.97 Å². The molecule has 0 saturated heterocycles. The second-order valence-electron chi connectivity index (χ2n) is 5.21. The lowest BCUT2D eigenvalue weighted by atomic mass is 10.1. The van der Waals surface area contributed by atoms with Gasteiger partial charge in [0.15, 0.2) is 5.82 Å². The van der Waals surface area contributed by atoms with Crippen molar-refractivity contribution in [3.63, 3.8) is 0 Å². The van der Waals surface area contributed by atoms with Crippen LogP contribution in [0.5, 0.6) is 0 Å². The fourth-order valence-electron chi connectivity index (χ4n) is 1.87. The van der Waals surface area contributed by atoms with Crippen molar-refractivity contribution in [2.75, 3.05) is 0 Å². The number of non-ortho nitro benzene ring substituents is 1. The van der Waals surface area contributed by atoms with Crippen molar-refractivity contribution >= 4 is 5.69 Å². The van der Waals surface area contributed by atoms with E-state index in [2.05, 4.69) is 29.1 Å². The molecule has 1 heterocycles. The van der Waals surface area contributed by atoms with Crippen LogP contribution in [0.1, 0.15) is 25.0 Å². The first-order valence-electron chi connectivity index (χ1n) is 6.77. The SMILES string of the molecule is Cc1ccc([N+](=O)[O-])cc1-c1ncc(CNC(C)C)cn1. The number of nitro groups is 1. The van der Waals surface area contributed by atoms with Gasteiger partial charge in [0.1, 0.15) is 0 Å². The molecule has 0 radical (unpaired) electrons. The molecule has 6 nitrogen and oxygen atoms in total. The molecule has 110 valence electrons. The first-order chi connectivity index (χ1) is 9.97. The number of nitro benzene ring substituents is 1. The zero-order valence-corrected chi connectivity index (χ0v) is 12.3. The van der Waals surface area contributed by atoms with Crippen molar-refractivity contribution in [3.05, 3.63) is 51.8 Å². The summed E-state index contributed by atoms with van der Waals surface area (Å²) < 4.78 is 0. The molecule has 1 N–H and O–H groups in total. The Morgan fingerprint density at radius 3 is 2.52 bits per heavy atom. The highest BCUT2D eigenvalue weighted by Crippen LogP contribution is 2.24. The summed E-state index contributed by atoms with van der Waals surface area (Å²) in [5, 5.41) is 14.1. The first-order valence-corrected chi connectivity index (χ1v) is 6.77. The number of rotatable bonds is 5. The zero-order chi connectivity index (χ0) is 15.4. The second kappa shape index (κ2) is 6.41. The lowest BCUT2D eigenvalue weighted by Gasteiger charge is -2.08. The van der Waals surface area contributed by atoms with Gasteiger partial charge in [0.2, 0.25) is 0 Å². The molecule has 0 aliphatic carbocycles. The minimum Gasteiger partial charge on any atom is -0.310 e. The monoisotopic (exact) mass is 286 g/mol. The van der Waals surface area contributed by atoms with Crippen molar-refractivity contribution in [1.29, 1.82) is 0 Å². The molecule has 2 rings (SSSR count). The summed E-state index contributed by atoms with van der Waals surface area (Å²) in [6, 6.07) is 5.10. The molecular weight excluding hydrogens is 268 g/mol. The van der Waals surface area contributed by atoms with Crippen LogP contribution in [0, 0.1) is 17.0 Å². The van der Waals surface area contributed by atoms with Crippen LogP contribution < -0.4 is 5.32 Å². The molecule has 0 aliphatic rings. The summed E-state index contributed by atoms with van der Waals surface area (Å²) in [6.45, 7) is 6.73. The summed E-state index contributed by atoms with van der Waals surface area (Å²) >= 11 is 0. The predicted octanol–water partition coefficient (Wildman–Crippen LogP) is 2.86. The van der Waals surface area contributed by atoms with E-state index in [-0.39, 0.29) is 5.69 Å². The number of nitrogens with zero attached hydrogens (tertiary/aromatic N) is 3. The van der Waals surface area contributed by atoms with Gasteiger partial charge in [-0.05, 0) is 12.5 Å². The predicted molar refractivity (Wildman–Crippen MR) is 80.8 cm³/mol. The molecule has 0 fully saturated rings. The van der Waals surface area contributed by atoms with E-state index in [1.807, 2.05) is 6.92 Å². The Balaban J connectivity index is 2.26. The quantitative estimate of drug-likeness (QED) is 0.675. The van der Waals surface area contributed by atoms with Crippen molar-refractivity contribution in [1.82, 2.24) is 15.3 Å². The molecule has 0 saturated carbocycles. The number of hydrogen-bond donors (Lipinski definition) is 1. The largest absolute Gasteiger partial charge is 0.310 e.